The summed E-state index contributed by atoms with van der Waals surface area (Å²) >= 11 is 9.90. The van der Waals surface area contributed by atoms with E-state index in [0.29, 0.717) is 36.8 Å². The molecule has 1 saturated heterocycles. The van der Waals surface area contributed by atoms with Gasteiger partial charge in [0.05, 0.1) is 25.2 Å². The van der Waals surface area contributed by atoms with E-state index in [4.69, 9.17) is 30.9 Å². The molecule has 1 fully saturated rings. The molecule has 2 aromatic rings. The number of hydrogen-bond acceptors (Lipinski definition) is 6. The van der Waals surface area contributed by atoms with Crippen molar-refractivity contribution in [2.75, 3.05) is 46.0 Å². The second-order valence-electron chi connectivity index (χ2n) is 7.21. The van der Waals surface area contributed by atoms with Gasteiger partial charge in [0.15, 0.2) is 0 Å². The number of alkyl halides is 1. The number of carbonyl (C=O) groups excluding carboxylic acids is 2. The molecule has 7 nitrogen and oxygen atoms in total. The molecule has 0 aliphatic carbocycles. The Kier molecular flexibility index (Phi) is 12.5. The summed E-state index contributed by atoms with van der Waals surface area (Å²) in [5, 5.41) is 8.16. The van der Waals surface area contributed by atoms with Gasteiger partial charge in [-0.05, 0) is 35.4 Å². The van der Waals surface area contributed by atoms with Gasteiger partial charge in [-0.25, -0.2) is 0 Å². The number of esters is 1. The van der Waals surface area contributed by atoms with Crippen LogP contribution in [0.5, 0.6) is 5.75 Å². The van der Waals surface area contributed by atoms with Crippen LogP contribution in [0.2, 0.25) is 0 Å². The maximum absolute atomic E-state index is 11.8. The second-order valence-corrected chi connectivity index (χ2v) is 7.63. The van der Waals surface area contributed by atoms with Gasteiger partial charge in [0.2, 0.25) is 12.0 Å². The molecule has 1 heterocycles. The quantitative estimate of drug-likeness (QED) is 0.118. The van der Waals surface area contributed by atoms with Gasteiger partial charge < -0.3 is 19.3 Å². The largest absolute Gasteiger partial charge is 0.592 e. The van der Waals surface area contributed by atoms with Gasteiger partial charge in [-0.2, -0.15) is 0 Å². The van der Waals surface area contributed by atoms with Gasteiger partial charge in [-0.3, -0.25) is 14.5 Å². The fraction of sp³-hybridized carbons (Fsp3) is 0.360. The molecule has 0 saturated carbocycles. The van der Waals surface area contributed by atoms with Crippen molar-refractivity contribution in [3.63, 3.8) is 0 Å². The van der Waals surface area contributed by atoms with Gasteiger partial charge in [0.25, 0.3) is 5.75 Å². The van der Waals surface area contributed by atoms with Crippen molar-refractivity contribution in [1.82, 2.24) is 4.90 Å². The third-order valence-corrected chi connectivity index (χ3v) is 5.20. The van der Waals surface area contributed by atoms with Gasteiger partial charge in [-0.1, -0.05) is 36.4 Å². The monoisotopic (exact) mass is 510 g/mol. The zero-order valence-corrected chi connectivity index (χ0v) is 20.6. The first kappa shape index (κ1) is 27.7. The molecule has 34 heavy (non-hydrogen) atoms. The van der Waals surface area contributed by atoms with Crippen molar-refractivity contribution in [2.24, 2.45) is 0 Å². The van der Waals surface area contributed by atoms with E-state index >= 15 is 0 Å². The van der Waals surface area contributed by atoms with Crippen LogP contribution >= 0.6 is 23.2 Å². The third kappa shape index (κ3) is 8.99. The predicted octanol–water partition coefficient (Wildman–Crippen LogP) is 4.38. The minimum Gasteiger partial charge on any atom is -0.592 e. The number of morpholine rings is 1. The lowest BCUT2D eigenvalue weighted by atomic mass is 10.0. The minimum absolute atomic E-state index is 0.0872. The highest BCUT2D eigenvalue weighted by atomic mass is 35.5. The summed E-state index contributed by atoms with van der Waals surface area (Å²) in [6, 6.07) is 15.3. The SMILES string of the molecule is CCl.O=C(Cl)CCC(=O)OCO/C(=C/CN1CCOCC1)c1cccc(-c2ccccc2)c1[OH2+]. The number of rotatable bonds is 10. The van der Waals surface area contributed by atoms with E-state index in [9.17, 15) is 9.59 Å². The molecular weight excluding hydrogens is 481 g/mol. The van der Waals surface area contributed by atoms with E-state index in [1.54, 1.807) is 0 Å². The molecule has 1 aliphatic rings. The molecule has 0 atom stereocenters. The summed E-state index contributed by atoms with van der Waals surface area (Å²) in [5.74, 6) is 0.210. The van der Waals surface area contributed by atoms with E-state index in [2.05, 4.69) is 16.5 Å². The number of ether oxygens (including phenoxy) is 3. The van der Waals surface area contributed by atoms with Crippen molar-refractivity contribution in [3.05, 3.63) is 60.2 Å². The Morgan fingerprint density at radius 3 is 2.41 bits per heavy atom. The van der Waals surface area contributed by atoms with Crippen LogP contribution in [-0.4, -0.2) is 67.2 Å². The van der Waals surface area contributed by atoms with Crippen molar-refractivity contribution < 1.29 is 28.9 Å². The van der Waals surface area contributed by atoms with E-state index in [-0.39, 0.29) is 19.6 Å². The van der Waals surface area contributed by atoms with Crippen molar-refractivity contribution in [1.29, 1.82) is 0 Å². The third-order valence-electron chi connectivity index (χ3n) is 5.01. The summed E-state index contributed by atoms with van der Waals surface area (Å²) in [6.07, 6.45) is 3.17. The highest BCUT2D eigenvalue weighted by molar-refractivity contribution is 6.63. The lowest BCUT2D eigenvalue weighted by Gasteiger charge is -2.25. The lowest BCUT2D eigenvalue weighted by molar-refractivity contribution is -0.152. The highest BCUT2D eigenvalue weighted by Gasteiger charge is 2.19. The molecule has 2 N–H and O–H groups in total. The molecule has 184 valence electrons. The summed E-state index contributed by atoms with van der Waals surface area (Å²) in [4.78, 5) is 24.8. The smallest absolute Gasteiger partial charge is 0.309 e. The van der Waals surface area contributed by atoms with E-state index in [1.807, 2.05) is 54.6 Å². The Hall–Kier alpha value is -2.58. The summed E-state index contributed by atoms with van der Waals surface area (Å²) < 4.78 is 16.3. The van der Waals surface area contributed by atoms with Crippen LogP contribution in [0.25, 0.3) is 16.9 Å². The molecule has 0 aromatic heterocycles. The normalized spacial score (nSPS) is 14.0. The summed E-state index contributed by atoms with van der Waals surface area (Å²) in [6.45, 7) is 3.26. The molecule has 2 aromatic carbocycles. The van der Waals surface area contributed by atoms with Crippen LogP contribution in [0.3, 0.4) is 0 Å². The predicted molar refractivity (Wildman–Crippen MR) is 134 cm³/mol. The number of carbonyl (C=O) groups is 2. The van der Waals surface area contributed by atoms with Crippen LogP contribution in [0.15, 0.2) is 54.6 Å². The van der Waals surface area contributed by atoms with Crippen LogP contribution in [0.1, 0.15) is 18.4 Å². The van der Waals surface area contributed by atoms with Crippen LogP contribution in [-0.2, 0) is 23.8 Å². The van der Waals surface area contributed by atoms with E-state index < -0.39 is 11.2 Å². The van der Waals surface area contributed by atoms with Gasteiger partial charge >= 0.3 is 5.97 Å². The zero-order chi connectivity index (χ0) is 24.8. The molecule has 3 rings (SSSR count). The average molecular weight is 511 g/mol. The first-order chi connectivity index (χ1) is 16.5. The van der Waals surface area contributed by atoms with Gasteiger partial charge in [0, 0.05) is 32.4 Å². The average Bonchev–Trinajstić information content (AvgIpc) is 2.87. The highest BCUT2D eigenvalue weighted by Crippen LogP contribution is 2.36. The lowest BCUT2D eigenvalue weighted by Crippen LogP contribution is -2.36. The molecule has 0 unspecified atom stereocenters. The maximum atomic E-state index is 11.8. The Balaban J connectivity index is 0.00000199. The Morgan fingerprint density at radius 1 is 1.03 bits per heavy atom. The number of halogens is 2. The molecular formula is C25H30Cl2NO6+. The fourth-order valence-corrected chi connectivity index (χ4v) is 3.38. The van der Waals surface area contributed by atoms with Crippen molar-refractivity contribution in [3.8, 4) is 16.9 Å². The number of nitrogens with zero attached hydrogens (tertiary/aromatic N) is 1. The van der Waals surface area contributed by atoms with Gasteiger partial charge in [-0.15, -0.1) is 11.6 Å². The number of benzene rings is 2. The standard InChI is InChI=1S/C24H26ClNO6.CH3Cl/c25-22(27)9-10-23(28)32-17-31-21(11-12-26-13-15-30-16-14-26)20-8-4-7-19(24(20)29)18-5-2-1-3-6-18;1-2/h1-8,11,29H,9-10,12-17H2;1H3/p+1/b21-11+;. The second kappa shape index (κ2) is 15.3. The first-order valence-corrected chi connectivity index (χ1v) is 11.9. The topological polar surface area (TPSA) is 88.0 Å². The molecule has 1 aliphatic heterocycles. The summed E-state index contributed by atoms with van der Waals surface area (Å²) in [7, 11) is 0. The van der Waals surface area contributed by atoms with Crippen molar-refractivity contribution >= 4 is 40.2 Å². The first-order valence-electron chi connectivity index (χ1n) is 10.8. The Bertz CT molecular complexity index is 946. The Labute approximate surface area is 209 Å². The molecule has 9 heteroatoms. The van der Waals surface area contributed by atoms with Crippen molar-refractivity contribution in [2.45, 2.75) is 12.8 Å². The van der Waals surface area contributed by atoms with Crippen LogP contribution in [0, 0.1) is 0 Å². The summed E-state index contributed by atoms with van der Waals surface area (Å²) in [5.41, 5.74) is 2.32. The molecule has 0 bridgehead atoms. The minimum atomic E-state index is -0.592. The molecule has 0 spiro atoms. The molecule has 0 amide bonds. The van der Waals surface area contributed by atoms with Crippen LogP contribution in [0.4, 0.5) is 0 Å². The van der Waals surface area contributed by atoms with Crippen LogP contribution < -0.4 is 0 Å². The number of hydrogen-bond donors (Lipinski definition) is 0. The van der Waals surface area contributed by atoms with E-state index in [0.717, 1.165) is 24.2 Å². The maximum Gasteiger partial charge on any atom is 0.309 e. The zero-order valence-electron chi connectivity index (χ0n) is 19.1. The van der Waals surface area contributed by atoms with Gasteiger partial charge in [0.1, 0.15) is 11.3 Å². The fourth-order valence-electron chi connectivity index (χ4n) is 3.29. The van der Waals surface area contributed by atoms with E-state index in [1.165, 1.54) is 6.38 Å². The molecule has 0 radical (unpaired) electrons. The number of para-hydroxylation sites is 1. The Morgan fingerprint density at radius 2 is 1.74 bits per heavy atom.